The number of ether oxygens (including phenoxy) is 1. The highest BCUT2D eigenvalue weighted by atomic mass is 127. The lowest BCUT2D eigenvalue weighted by Gasteiger charge is -2.23. The molecule has 0 atom stereocenters. The maximum atomic E-state index is 6.09. The molecule has 1 fully saturated rings. The van der Waals surface area contributed by atoms with E-state index in [-0.39, 0.29) is 0 Å². The number of rotatable bonds is 4. The van der Waals surface area contributed by atoms with Crippen molar-refractivity contribution in [3.05, 3.63) is 27.3 Å². The van der Waals surface area contributed by atoms with Gasteiger partial charge >= 0.3 is 0 Å². The van der Waals surface area contributed by atoms with Gasteiger partial charge in [-0.2, -0.15) is 0 Å². The summed E-state index contributed by atoms with van der Waals surface area (Å²) in [6.07, 6.45) is 6.88. The zero-order chi connectivity index (χ0) is 13.0. The zero-order valence-electron chi connectivity index (χ0n) is 11.4. The van der Waals surface area contributed by atoms with Crippen LogP contribution in [0.15, 0.2) is 18.2 Å². The van der Waals surface area contributed by atoms with Crippen LogP contribution in [0.25, 0.3) is 0 Å². The van der Waals surface area contributed by atoms with Crippen LogP contribution in [0.2, 0.25) is 0 Å². The first-order valence-electron chi connectivity index (χ1n) is 7.09. The van der Waals surface area contributed by atoms with Crippen LogP contribution in [0.5, 0.6) is 5.75 Å². The summed E-state index contributed by atoms with van der Waals surface area (Å²) in [6.45, 7) is 5.37. The van der Waals surface area contributed by atoms with E-state index in [9.17, 15) is 0 Å². The molecular weight excluding hydrogens is 335 g/mol. The second kappa shape index (κ2) is 6.78. The van der Waals surface area contributed by atoms with E-state index in [0.717, 1.165) is 18.3 Å². The second-order valence-corrected chi connectivity index (χ2v) is 6.90. The number of hydrogen-bond donors (Lipinski definition) is 0. The van der Waals surface area contributed by atoms with E-state index in [2.05, 4.69) is 54.6 Å². The van der Waals surface area contributed by atoms with E-state index in [1.54, 1.807) is 0 Å². The third-order valence-electron chi connectivity index (χ3n) is 3.79. The van der Waals surface area contributed by atoms with Crippen LogP contribution in [0.3, 0.4) is 0 Å². The van der Waals surface area contributed by atoms with Crippen LogP contribution >= 0.6 is 22.6 Å². The Hall–Kier alpha value is -0.250. The third-order valence-corrected chi connectivity index (χ3v) is 4.46. The van der Waals surface area contributed by atoms with Crippen LogP contribution in [0.4, 0.5) is 0 Å². The van der Waals surface area contributed by atoms with Gasteiger partial charge in [-0.3, -0.25) is 0 Å². The molecular formula is C16H23IO. The van der Waals surface area contributed by atoms with E-state index in [0.29, 0.717) is 5.92 Å². The summed E-state index contributed by atoms with van der Waals surface area (Å²) < 4.78 is 7.38. The summed E-state index contributed by atoms with van der Waals surface area (Å²) in [5.41, 5.74) is 1.35. The summed E-state index contributed by atoms with van der Waals surface area (Å²) >= 11 is 2.37. The molecule has 1 aromatic carbocycles. The molecule has 0 unspecified atom stereocenters. The van der Waals surface area contributed by atoms with Gasteiger partial charge in [0.25, 0.3) is 0 Å². The van der Waals surface area contributed by atoms with Gasteiger partial charge in [0.05, 0.1) is 6.61 Å². The van der Waals surface area contributed by atoms with Crippen LogP contribution in [-0.4, -0.2) is 6.61 Å². The highest BCUT2D eigenvalue weighted by molar-refractivity contribution is 14.1. The SMILES string of the molecule is CC(C)c1cc(I)ccc1OCC1CCCCC1. The Labute approximate surface area is 124 Å². The Bertz CT molecular complexity index is 381. The van der Waals surface area contributed by atoms with Crippen LogP contribution < -0.4 is 4.74 Å². The molecule has 2 heteroatoms. The molecule has 1 saturated carbocycles. The van der Waals surface area contributed by atoms with Gasteiger partial charge in [-0.05, 0) is 71.0 Å². The molecule has 18 heavy (non-hydrogen) atoms. The van der Waals surface area contributed by atoms with Crippen molar-refractivity contribution in [1.82, 2.24) is 0 Å². The van der Waals surface area contributed by atoms with Gasteiger partial charge in [0.2, 0.25) is 0 Å². The molecule has 0 saturated heterocycles. The van der Waals surface area contributed by atoms with Crippen molar-refractivity contribution in [1.29, 1.82) is 0 Å². The molecule has 0 spiro atoms. The molecule has 1 aliphatic carbocycles. The van der Waals surface area contributed by atoms with Crippen LogP contribution in [0.1, 0.15) is 57.4 Å². The molecule has 0 amide bonds. The van der Waals surface area contributed by atoms with Crippen molar-refractivity contribution in [2.75, 3.05) is 6.61 Å². The highest BCUT2D eigenvalue weighted by Crippen LogP contribution is 2.30. The Morgan fingerprint density at radius 3 is 2.61 bits per heavy atom. The van der Waals surface area contributed by atoms with Gasteiger partial charge in [-0.1, -0.05) is 33.1 Å². The molecule has 1 nitrogen and oxygen atoms in total. The maximum Gasteiger partial charge on any atom is 0.122 e. The number of benzene rings is 1. The minimum atomic E-state index is 0.529. The fourth-order valence-electron chi connectivity index (χ4n) is 2.66. The summed E-state index contributed by atoms with van der Waals surface area (Å²) in [7, 11) is 0. The minimum Gasteiger partial charge on any atom is -0.493 e. The van der Waals surface area contributed by atoms with E-state index >= 15 is 0 Å². The average molecular weight is 358 g/mol. The first-order chi connectivity index (χ1) is 8.66. The number of halogens is 1. The van der Waals surface area contributed by atoms with Gasteiger partial charge in [0.1, 0.15) is 5.75 Å². The highest BCUT2D eigenvalue weighted by Gasteiger charge is 2.15. The topological polar surface area (TPSA) is 9.23 Å². The third kappa shape index (κ3) is 3.87. The van der Waals surface area contributed by atoms with Gasteiger partial charge in [0.15, 0.2) is 0 Å². The van der Waals surface area contributed by atoms with Crippen molar-refractivity contribution >= 4 is 22.6 Å². The first kappa shape index (κ1) is 14.2. The monoisotopic (exact) mass is 358 g/mol. The van der Waals surface area contributed by atoms with E-state index in [4.69, 9.17) is 4.74 Å². The molecule has 0 aromatic heterocycles. The Balaban J connectivity index is 1.99. The zero-order valence-corrected chi connectivity index (χ0v) is 13.6. The lowest BCUT2D eigenvalue weighted by atomic mass is 9.90. The fraction of sp³-hybridized carbons (Fsp3) is 0.625. The average Bonchev–Trinajstić information content (AvgIpc) is 2.38. The first-order valence-corrected chi connectivity index (χ1v) is 8.17. The summed E-state index contributed by atoms with van der Waals surface area (Å²) in [4.78, 5) is 0. The van der Waals surface area contributed by atoms with Crippen molar-refractivity contribution in [3.8, 4) is 5.75 Å². The summed E-state index contributed by atoms with van der Waals surface area (Å²) in [5.74, 6) is 2.40. The van der Waals surface area contributed by atoms with Crippen molar-refractivity contribution in [2.24, 2.45) is 5.92 Å². The normalized spacial score (nSPS) is 17.1. The Morgan fingerprint density at radius 1 is 1.22 bits per heavy atom. The largest absolute Gasteiger partial charge is 0.493 e. The van der Waals surface area contributed by atoms with Crippen molar-refractivity contribution in [3.63, 3.8) is 0 Å². The van der Waals surface area contributed by atoms with Crippen molar-refractivity contribution in [2.45, 2.75) is 51.9 Å². The van der Waals surface area contributed by atoms with Gasteiger partial charge in [0, 0.05) is 3.57 Å². The van der Waals surface area contributed by atoms with Crippen LogP contribution in [-0.2, 0) is 0 Å². The Morgan fingerprint density at radius 2 is 1.94 bits per heavy atom. The molecule has 1 aliphatic rings. The van der Waals surface area contributed by atoms with E-state index in [1.165, 1.54) is 41.2 Å². The van der Waals surface area contributed by atoms with Gasteiger partial charge in [-0.15, -0.1) is 0 Å². The molecule has 0 bridgehead atoms. The molecule has 0 N–H and O–H groups in total. The molecule has 0 aliphatic heterocycles. The van der Waals surface area contributed by atoms with E-state index < -0.39 is 0 Å². The predicted octanol–water partition coefficient (Wildman–Crippen LogP) is 5.37. The lowest BCUT2D eigenvalue weighted by Crippen LogP contribution is -2.16. The minimum absolute atomic E-state index is 0.529. The summed E-state index contributed by atoms with van der Waals surface area (Å²) in [5, 5.41) is 0. The second-order valence-electron chi connectivity index (χ2n) is 5.65. The quantitative estimate of drug-likeness (QED) is 0.657. The predicted molar refractivity (Wildman–Crippen MR) is 85.3 cm³/mol. The molecule has 100 valence electrons. The molecule has 1 aromatic rings. The van der Waals surface area contributed by atoms with Gasteiger partial charge < -0.3 is 4.74 Å². The molecule has 2 rings (SSSR count). The maximum absolute atomic E-state index is 6.09. The molecule has 0 radical (unpaired) electrons. The van der Waals surface area contributed by atoms with Gasteiger partial charge in [-0.25, -0.2) is 0 Å². The fourth-order valence-corrected chi connectivity index (χ4v) is 3.18. The van der Waals surface area contributed by atoms with Crippen molar-refractivity contribution < 1.29 is 4.74 Å². The summed E-state index contributed by atoms with van der Waals surface area (Å²) in [6, 6.07) is 6.53. The standard InChI is InChI=1S/C16H23IO/c1-12(2)15-10-14(17)8-9-16(15)18-11-13-6-4-3-5-7-13/h8-10,12-13H,3-7,11H2,1-2H3. The Kier molecular flexibility index (Phi) is 5.34. The lowest BCUT2D eigenvalue weighted by molar-refractivity contribution is 0.207. The van der Waals surface area contributed by atoms with Crippen LogP contribution in [0, 0.1) is 9.49 Å². The smallest absolute Gasteiger partial charge is 0.122 e. The van der Waals surface area contributed by atoms with E-state index in [1.807, 2.05) is 0 Å². The molecule has 0 heterocycles. The number of hydrogen-bond acceptors (Lipinski definition) is 1.